The highest BCUT2D eigenvalue weighted by Crippen LogP contribution is 2.34. The third kappa shape index (κ3) is 4.45. The van der Waals surface area contributed by atoms with E-state index >= 15 is 0 Å². The number of benzene rings is 1. The molecule has 0 bridgehead atoms. The molecule has 3 amide bonds. The minimum absolute atomic E-state index is 0.0161. The zero-order valence-corrected chi connectivity index (χ0v) is 19.9. The third-order valence-electron chi connectivity index (χ3n) is 6.54. The fourth-order valence-electron chi connectivity index (χ4n) is 4.28. The maximum Gasteiger partial charge on any atom is 0.256 e. The summed E-state index contributed by atoms with van der Waals surface area (Å²) in [6.45, 7) is 4.00. The number of rotatable bonds is 8. The van der Waals surface area contributed by atoms with Crippen LogP contribution in [-0.4, -0.2) is 51.9 Å². The molecule has 178 valence electrons. The molecule has 1 saturated heterocycles. The molecule has 2 N–H and O–H groups in total. The molecule has 1 unspecified atom stereocenters. The van der Waals surface area contributed by atoms with Gasteiger partial charge in [-0.3, -0.25) is 29.3 Å². The van der Waals surface area contributed by atoms with E-state index in [1.54, 1.807) is 29.6 Å². The zero-order valence-electron chi connectivity index (χ0n) is 19.1. The summed E-state index contributed by atoms with van der Waals surface area (Å²) in [5.41, 5.74) is 2.04. The second kappa shape index (κ2) is 9.23. The third-order valence-corrected chi connectivity index (χ3v) is 7.63. The van der Waals surface area contributed by atoms with Gasteiger partial charge in [-0.2, -0.15) is 0 Å². The molecule has 1 fully saturated rings. The van der Waals surface area contributed by atoms with E-state index in [4.69, 9.17) is 0 Å². The fraction of sp³-hybridized carbons (Fsp3) is 0.400. The largest absolute Gasteiger partial charge is 0.395 e. The summed E-state index contributed by atoms with van der Waals surface area (Å²) >= 11 is 1.37. The molecular formula is C25H26N2O6S. The van der Waals surface area contributed by atoms with E-state index in [-0.39, 0.29) is 37.8 Å². The lowest BCUT2D eigenvalue weighted by Crippen LogP contribution is -2.52. The van der Waals surface area contributed by atoms with Crippen molar-refractivity contribution < 1.29 is 29.1 Å². The van der Waals surface area contributed by atoms with Crippen molar-refractivity contribution in [2.45, 2.75) is 57.5 Å². The number of ketones is 2. The van der Waals surface area contributed by atoms with Crippen molar-refractivity contribution in [3.63, 3.8) is 0 Å². The predicted molar refractivity (Wildman–Crippen MR) is 125 cm³/mol. The number of hydrogen-bond acceptors (Lipinski definition) is 7. The molecule has 2 aliphatic rings. The number of imide groups is 1. The number of nitrogens with one attached hydrogen (secondary N) is 1. The van der Waals surface area contributed by atoms with Crippen molar-refractivity contribution >= 4 is 40.6 Å². The number of carbonyl (C=O) groups is 5. The van der Waals surface area contributed by atoms with Crippen LogP contribution in [0.5, 0.6) is 0 Å². The Kier molecular flexibility index (Phi) is 6.51. The highest BCUT2D eigenvalue weighted by Gasteiger charge is 2.40. The molecule has 1 aromatic carbocycles. The number of hydrogen-bond donors (Lipinski definition) is 2. The number of aryl methyl sites for hydroxylation is 1. The average molecular weight is 483 g/mol. The first-order chi connectivity index (χ1) is 16.1. The van der Waals surface area contributed by atoms with Gasteiger partial charge < -0.3 is 10.0 Å². The van der Waals surface area contributed by atoms with Crippen LogP contribution < -0.4 is 5.32 Å². The van der Waals surface area contributed by atoms with Gasteiger partial charge in [-0.15, -0.1) is 11.3 Å². The fourth-order valence-corrected chi connectivity index (χ4v) is 5.32. The molecule has 8 nitrogen and oxygen atoms in total. The van der Waals surface area contributed by atoms with Gasteiger partial charge in [-0.25, -0.2) is 0 Å². The van der Waals surface area contributed by atoms with E-state index in [1.807, 2.05) is 13.8 Å². The molecular weight excluding hydrogens is 456 g/mol. The van der Waals surface area contributed by atoms with E-state index in [0.717, 1.165) is 16.0 Å². The van der Waals surface area contributed by atoms with Gasteiger partial charge in [0.05, 0.1) is 12.2 Å². The molecule has 0 aliphatic carbocycles. The van der Waals surface area contributed by atoms with Crippen molar-refractivity contribution in [3.05, 3.63) is 56.8 Å². The van der Waals surface area contributed by atoms with Crippen LogP contribution in [0.15, 0.2) is 29.6 Å². The standard InChI is InChI=1S/C25H26N2O6S/c1-25(2,13-28)15-5-3-14(4-6-15)22(31)19(29)8-9-20-16-11-27(24(33)17(16)12-34-20)18-7-10-21(30)26-23(18)32/h3-6,12,18,28H,7-11,13H2,1-2H3,(H,26,30,32). The topological polar surface area (TPSA) is 121 Å². The highest BCUT2D eigenvalue weighted by atomic mass is 32.1. The molecule has 0 saturated carbocycles. The minimum Gasteiger partial charge on any atom is -0.395 e. The minimum atomic E-state index is -0.683. The zero-order chi connectivity index (χ0) is 24.6. The van der Waals surface area contributed by atoms with E-state index in [9.17, 15) is 29.1 Å². The van der Waals surface area contributed by atoms with Gasteiger partial charge in [0, 0.05) is 40.6 Å². The monoisotopic (exact) mass is 482 g/mol. The first-order valence-corrected chi connectivity index (χ1v) is 12.0. The van der Waals surface area contributed by atoms with Gasteiger partial charge >= 0.3 is 0 Å². The Hall–Kier alpha value is -3.17. The molecule has 34 heavy (non-hydrogen) atoms. The number of aliphatic hydroxyl groups is 1. The van der Waals surface area contributed by atoms with Crippen LogP contribution in [0.2, 0.25) is 0 Å². The Morgan fingerprint density at radius 3 is 2.53 bits per heavy atom. The number of fused-ring (bicyclic) bond motifs is 1. The summed E-state index contributed by atoms with van der Waals surface area (Å²) in [6.07, 6.45) is 0.828. The van der Waals surface area contributed by atoms with Gasteiger partial charge in [-0.1, -0.05) is 38.1 Å². The van der Waals surface area contributed by atoms with Crippen molar-refractivity contribution in [2.75, 3.05) is 6.61 Å². The number of thiophene rings is 1. The van der Waals surface area contributed by atoms with E-state index in [1.165, 1.54) is 16.2 Å². The lowest BCUT2D eigenvalue weighted by Gasteiger charge is -2.29. The maximum absolute atomic E-state index is 12.8. The van der Waals surface area contributed by atoms with Gasteiger partial charge in [0.15, 0.2) is 0 Å². The number of amides is 3. The molecule has 0 spiro atoms. The van der Waals surface area contributed by atoms with E-state index in [2.05, 4.69) is 5.32 Å². The Balaban J connectivity index is 1.39. The Morgan fingerprint density at radius 2 is 1.88 bits per heavy atom. The highest BCUT2D eigenvalue weighted by molar-refractivity contribution is 7.10. The van der Waals surface area contributed by atoms with Crippen LogP contribution in [0.3, 0.4) is 0 Å². The van der Waals surface area contributed by atoms with Gasteiger partial charge in [-0.05, 0) is 24.0 Å². The second-order valence-electron chi connectivity index (χ2n) is 9.32. The summed E-state index contributed by atoms with van der Waals surface area (Å²) in [5.74, 6) is -2.13. The lowest BCUT2D eigenvalue weighted by atomic mass is 9.85. The number of carbonyl (C=O) groups excluding carboxylic acids is 5. The molecule has 3 heterocycles. The van der Waals surface area contributed by atoms with Gasteiger partial charge in [0.25, 0.3) is 5.91 Å². The molecule has 2 aromatic rings. The van der Waals surface area contributed by atoms with Gasteiger partial charge in [0.1, 0.15) is 6.04 Å². The molecule has 4 rings (SSSR count). The summed E-state index contributed by atoms with van der Waals surface area (Å²) in [7, 11) is 0. The van der Waals surface area contributed by atoms with Crippen LogP contribution in [-0.2, 0) is 32.8 Å². The normalized spacial score (nSPS) is 18.1. The van der Waals surface area contributed by atoms with Crippen molar-refractivity contribution in [2.24, 2.45) is 0 Å². The summed E-state index contributed by atoms with van der Waals surface area (Å²) in [5, 5.41) is 13.5. The molecule has 1 aromatic heterocycles. The summed E-state index contributed by atoms with van der Waals surface area (Å²) in [6, 6.07) is 6.02. The summed E-state index contributed by atoms with van der Waals surface area (Å²) < 4.78 is 0. The Bertz CT molecular complexity index is 1180. The Morgan fingerprint density at radius 1 is 1.18 bits per heavy atom. The second-order valence-corrected chi connectivity index (χ2v) is 10.3. The quantitative estimate of drug-likeness (QED) is 0.338. The van der Waals surface area contributed by atoms with E-state index in [0.29, 0.717) is 24.0 Å². The van der Waals surface area contributed by atoms with E-state index < -0.39 is 28.9 Å². The van der Waals surface area contributed by atoms with Gasteiger partial charge in [0.2, 0.25) is 23.4 Å². The van der Waals surface area contributed by atoms with Crippen molar-refractivity contribution in [1.29, 1.82) is 0 Å². The van der Waals surface area contributed by atoms with Crippen LogP contribution in [0.1, 0.15) is 69.8 Å². The number of Topliss-reactive ketones (excluding diaryl/α,β-unsaturated/α-hetero) is 2. The number of piperidine rings is 1. The number of nitrogens with zero attached hydrogens (tertiary/aromatic N) is 1. The van der Waals surface area contributed by atoms with Crippen LogP contribution in [0.4, 0.5) is 0 Å². The maximum atomic E-state index is 12.8. The van der Waals surface area contributed by atoms with Crippen molar-refractivity contribution in [1.82, 2.24) is 10.2 Å². The predicted octanol–water partition coefficient (Wildman–Crippen LogP) is 2.16. The van der Waals surface area contributed by atoms with Crippen LogP contribution in [0, 0.1) is 0 Å². The molecule has 9 heteroatoms. The Labute approximate surface area is 201 Å². The van der Waals surface area contributed by atoms with Crippen LogP contribution in [0.25, 0.3) is 0 Å². The first kappa shape index (κ1) is 24.0. The number of aliphatic hydroxyl groups excluding tert-OH is 1. The first-order valence-electron chi connectivity index (χ1n) is 11.1. The smallest absolute Gasteiger partial charge is 0.256 e. The SMILES string of the molecule is CC(C)(CO)c1ccc(C(=O)C(=O)CCc2scc3c2CN(C2CCC(=O)NC2=O)C3=O)cc1. The summed E-state index contributed by atoms with van der Waals surface area (Å²) in [4.78, 5) is 63.9. The molecule has 2 aliphatic heterocycles. The lowest BCUT2D eigenvalue weighted by molar-refractivity contribution is -0.136. The molecule has 0 radical (unpaired) electrons. The molecule has 1 atom stereocenters. The average Bonchev–Trinajstić information content (AvgIpc) is 3.37. The van der Waals surface area contributed by atoms with Crippen LogP contribution >= 0.6 is 11.3 Å². The van der Waals surface area contributed by atoms with Crippen molar-refractivity contribution in [3.8, 4) is 0 Å².